The van der Waals surface area contributed by atoms with Crippen molar-refractivity contribution in [3.05, 3.63) is 65.2 Å². The number of piperidine rings is 1. The van der Waals surface area contributed by atoms with Crippen molar-refractivity contribution >= 4 is 15.9 Å². The minimum atomic E-state index is -3.83. The van der Waals surface area contributed by atoms with Crippen LogP contribution in [0.3, 0.4) is 0 Å². The van der Waals surface area contributed by atoms with Gasteiger partial charge in [-0.15, -0.1) is 0 Å². The SMILES string of the molecule is Cc1ccc(S(=O)(=O)NC(CC(C)C)C(=O)NC2CCN(Cc3ccc(F)c(F)c3)CC2)cc1. The van der Waals surface area contributed by atoms with Gasteiger partial charge in [-0.2, -0.15) is 4.72 Å². The Bertz CT molecular complexity index is 1080. The Labute approximate surface area is 200 Å². The minimum Gasteiger partial charge on any atom is -0.352 e. The van der Waals surface area contributed by atoms with Gasteiger partial charge in [-0.05, 0) is 61.9 Å². The zero-order valence-electron chi connectivity index (χ0n) is 19.9. The van der Waals surface area contributed by atoms with Crippen LogP contribution in [0.2, 0.25) is 0 Å². The number of hydrogen-bond acceptors (Lipinski definition) is 4. The molecule has 186 valence electrons. The van der Waals surface area contributed by atoms with Gasteiger partial charge >= 0.3 is 0 Å². The van der Waals surface area contributed by atoms with E-state index in [0.29, 0.717) is 44.5 Å². The Morgan fingerprint density at radius 2 is 1.71 bits per heavy atom. The number of nitrogens with one attached hydrogen (secondary N) is 2. The predicted octanol–water partition coefficient (Wildman–Crippen LogP) is 3.75. The van der Waals surface area contributed by atoms with E-state index in [9.17, 15) is 22.0 Å². The van der Waals surface area contributed by atoms with Gasteiger partial charge < -0.3 is 5.32 Å². The highest BCUT2D eigenvalue weighted by Gasteiger charge is 2.29. The van der Waals surface area contributed by atoms with E-state index in [2.05, 4.69) is 14.9 Å². The van der Waals surface area contributed by atoms with E-state index in [4.69, 9.17) is 0 Å². The van der Waals surface area contributed by atoms with Crippen LogP contribution >= 0.6 is 0 Å². The molecule has 0 saturated carbocycles. The summed E-state index contributed by atoms with van der Waals surface area (Å²) in [4.78, 5) is 15.3. The number of likely N-dealkylation sites (tertiary alicyclic amines) is 1. The van der Waals surface area contributed by atoms with Gasteiger partial charge in [-0.3, -0.25) is 9.69 Å². The quantitative estimate of drug-likeness (QED) is 0.558. The number of amides is 1. The summed E-state index contributed by atoms with van der Waals surface area (Å²) in [6.07, 6.45) is 1.76. The number of carbonyl (C=O) groups is 1. The van der Waals surface area contributed by atoms with E-state index in [0.717, 1.165) is 11.6 Å². The van der Waals surface area contributed by atoms with Crippen LogP contribution in [0.25, 0.3) is 0 Å². The molecule has 3 rings (SSSR count). The molecular formula is C25H33F2N3O3S. The van der Waals surface area contributed by atoms with Crippen molar-refractivity contribution in [1.29, 1.82) is 0 Å². The van der Waals surface area contributed by atoms with E-state index in [-0.39, 0.29) is 22.8 Å². The smallest absolute Gasteiger partial charge is 0.241 e. The zero-order chi connectivity index (χ0) is 24.9. The molecule has 0 spiro atoms. The number of sulfonamides is 1. The van der Waals surface area contributed by atoms with Crippen LogP contribution in [0.15, 0.2) is 47.4 Å². The largest absolute Gasteiger partial charge is 0.352 e. The molecule has 0 aliphatic carbocycles. The molecule has 0 bridgehead atoms. The molecule has 1 unspecified atom stereocenters. The zero-order valence-corrected chi connectivity index (χ0v) is 20.7. The summed E-state index contributed by atoms with van der Waals surface area (Å²) in [5.41, 5.74) is 1.65. The first kappa shape index (κ1) is 26.2. The number of nitrogens with zero attached hydrogens (tertiary/aromatic N) is 1. The third-order valence-corrected chi connectivity index (χ3v) is 7.46. The molecule has 1 heterocycles. The highest BCUT2D eigenvalue weighted by atomic mass is 32.2. The Morgan fingerprint density at radius 3 is 2.29 bits per heavy atom. The van der Waals surface area contributed by atoms with Gasteiger partial charge in [0.2, 0.25) is 15.9 Å². The van der Waals surface area contributed by atoms with Crippen LogP contribution < -0.4 is 10.0 Å². The summed E-state index contributed by atoms with van der Waals surface area (Å²) in [7, 11) is -3.83. The Morgan fingerprint density at radius 1 is 1.06 bits per heavy atom. The predicted molar refractivity (Wildman–Crippen MR) is 128 cm³/mol. The van der Waals surface area contributed by atoms with Crippen molar-refractivity contribution in [2.24, 2.45) is 5.92 Å². The second kappa shape index (κ2) is 11.4. The highest BCUT2D eigenvalue weighted by molar-refractivity contribution is 7.89. The Hall–Kier alpha value is -2.36. The van der Waals surface area contributed by atoms with Crippen LogP contribution in [-0.4, -0.2) is 44.4 Å². The molecule has 0 radical (unpaired) electrons. The van der Waals surface area contributed by atoms with Crippen molar-refractivity contribution in [2.75, 3.05) is 13.1 Å². The third-order valence-electron chi connectivity index (χ3n) is 5.98. The lowest BCUT2D eigenvalue weighted by atomic mass is 10.0. The number of benzene rings is 2. The van der Waals surface area contributed by atoms with Crippen LogP contribution in [0, 0.1) is 24.5 Å². The molecule has 1 aliphatic heterocycles. The van der Waals surface area contributed by atoms with Crippen LogP contribution in [0.5, 0.6) is 0 Å². The standard InChI is InChI=1S/C25H33F2N3O3S/c1-17(2)14-24(29-34(32,33)21-7-4-18(3)5-8-21)25(31)28-20-10-12-30(13-11-20)16-19-6-9-22(26)23(27)15-19/h4-9,15,17,20,24,29H,10-14,16H2,1-3H3,(H,28,31). The van der Waals surface area contributed by atoms with E-state index in [1.807, 2.05) is 20.8 Å². The van der Waals surface area contributed by atoms with Gasteiger partial charge in [0.25, 0.3) is 0 Å². The molecule has 1 amide bonds. The molecule has 2 aromatic carbocycles. The van der Waals surface area contributed by atoms with Crippen molar-refractivity contribution in [2.45, 2.75) is 63.6 Å². The fraction of sp³-hybridized carbons (Fsp3) is 0.480. The maximum Gasteiger partial charge on any atom is 0.241 e. The third kappa shape index (κ3) is 7.32. The molecule has 1 fully saturated rings. The second-order valence-corrected chi connectivity index (χ2v) is 11.1. The molecule has 2 N–H and O–H groups in total. The van der Waals surface area contributed by atoms with Crippen LogP contribution in [0.1, 0.15) is 44.2 Å². The van der Waals surface area contributed by atoms with Crippen LogP contribution in [0.4, 0.5) is 8.78 Å². The summed E-state index contributed by atoms with van der Waals surface area (Å²) in [5, 5.41) is 3.01. The Balaban J connectivity index is 1.57. The lowest BCUT2D eigenvalue weighted by molar-refractivity contribution is -0.124. The number of hydrogen-bond donors (Lipinski definition) is 2. The molecule has 1 aliphatic rings. The van der Waals surface area contributed by atoms with Crippen molar-refractivity contribution in [1.82, 2.24) is 14.9 Å². The maximum absolute atomic E-state index is 13.5. The van der Waals surface area contributed by atoms with Gasteiger partial charge in [0.15, 0.2) is 11.6 Å². The molecule has 2 aromatic rings. The molecule has 9 heteroatoms. The number of carbonyl (C=O) groups excluding carboxylic acids is 1. The van der Waals surface area contributed by atoms with Crippen LogP contribution in [-0.2, 0) is 21.4 Å². The molecule has 6 nitrogen and oxygen atoms in total. The van der Waals surface area contributed by atoms with E-state index >= 15 is 0 Å². The molecular weight excluding hydrogens is 460 g/mol. The number of halogens is 2. The van der Waals surface area contributed by atoms with Crippen molar-refractivity contribution in [3.8, 4) is 0 Å². The van der Waals surface area contributed by atoms with Gasteiger partial charge in [0.05, 0.1) is 4.90 Å². The minimum absolute atomic E-state index is 0.0766. The van der Waals surface area contributed by atoms with Crippen molar-refractivity contribution in [3.63, 3.8) is 0 Å². The molecule has 0 aromatic heterocycles. The molecule has 34 heavy (non-hydrogen) atoms. The fourth-order valence-electron chi connectivity index (χ4n) is 4.09. The number of aryl methyl sites for hydroxylation is 1. The van der Waals surface area contributed by atoms with Crippen molar-refractivity contribution < 1.29 is 22.0 Å². The lowest BCUT2D eigenvalue weighted by Gasteiger charge is -2.33. The van der Waals surface area contributed by atoms with E-state index < -0.39 is 27.7 Å². The first-order chi connectivity index (χ1) is 16.0. The fourth-order valence-corrected chi connectivity index (χ4v) is 5.29. The summed E-state index contributed by atoms with van der Waals surface area (Å²) < 4.78 is 54.9. The van der Waals surface area contributed by atoms with E-state index in [1.165, 1.54) is 18.2 Å². The second-order valence-electron chi connectivity index (χ2n) is 9.42. The maximum atomic E-state index is 13.5. The van der Waals surface area contributed by atoms with Gasteiger partial charge in [-0.1, -0.05) is 37.6 Å². The average molecular weight is 494 g/mol. The first-order valence-corrected chi connectivity index (χ1v) is 13.1. The monoisotopic (exact) mass is 493 g/mol. The summed E-state index contributed by atoms with van der Waals surface area (Å²) in [5.74, 6) is -1.93. The number of rotatable bonds is 9. The topological polar surface area (TPSA) is 78.5 Å². The van der Waals surface area contributed by atoms with E-state index in [1.54, 1.807) is 18.2 Å². The first-order valence-electron chi connectivity index (χ1n) is 11.6. The summed E-state index contributed by atoms with van der Waals surface area (Å²) in [6.45, 7) is 7.64. The van der Waals surface area contributed by atoms with Gasteiger partial charge in [0.1, 0.15) is 6.04 Å². The summed E-state index contributed by atoms with van der Waals surface area (Å²) in [6, 6.07) is 9.47. The normalized spacial score (nSPS) is 16.5. The molecule has 1 atom stereocenters. The Kier molecular flexibility index (Phi) is 8.78. The van der Waals surface area contributed by atoms with Gasteiger partial charge in [-0.25, -0.2) is 17.2 Å². The highest BCUT2D eigenvalue weighted by Crippen LogP contribution is 2.18. The van der Waals surface area contributed by atoms with Gasteiger partial charge in [0, 0.05) is 25.7 Å². The average Bonchev–Trinajstić information content (AvgIpc) is 2.77. The summed E-state index contributed by atoms with van der Waals surface area (Å²) >= 11 is 0. The molecule has 1 saturated heterocycles. The lowest BCUT2D eigenvalue weighted by Crippen LogP contribution is -2.52.